The molecule has 0 unspecified atom stereocenters. The minimum atomic E-state index is -0.723. The average Bonchev–Trinajstić information content (AvgIpc) is 1.56. The van der Waals surface area contributed by atoms with Crippen LogP contribution in [0.4, 0.5) is 5.69 Å². The first-order valence-corrected chi connectivity index (χ1v) is 38.3. The molecule has 0 radical (unpaired) electrons. The third kappa shape index (κ3) is 28.6. The molecule has 3 fully saturated rings. The van der Waals surface area contributed by atoms with Crippen LogP contribution in [0.1, 0.15) is 145 Å². The van der Waals surface area contributed by atoms with Crippen LogP contribution >= 0.6 is 23.2 Å². The summed E-state index contributed by atoms with van der Waals surface area (Å²) < 4.78 is 54.1. The number of likely N-dealkylation sites (tertiary alicyclic amines) is 1. The van der Waals surface area contributed by atoms with Gasteiger partial charge in [-0.25, -0.2) is 4.68 Å². The first-order valence-electron chi connectivity index (χ1n) is 37.5. The number of hydrogen-bond donors (Lipinski definition) is 2. The molecule has 0 bridgehead atoms. The normalized spacial score (nSPS) is 16.6. The molecule has 31 heteroatoms. The molecule has 0 spiro atoms. The summed E-state index contributed by atoms with van der Waals surface area (Å²) in [5.41, 5.74) is 0.906. The number of methoxy groups -OCH3 is 1. The van der Waals surface area contributed by atoms with Gasteiger partial charge < -0.3 is 67.8 Å². The van der Waals surface area contributed by atoms with Crippen molar-refractivity contribution in [2.75, 3.05) is 157 Å². The lowest BCUT2D eigenvalue weighted by atomic mass is 9.95. The maximum absolute atomic E-state index is 14.6. The molecule has 110 heavy (non-hydrogen) atoms. The number of nitrogens with one attached hydrogen (secondary N) is 1. The second-order valence-electron chi connectivity index (χ2n) is 32.2. The Bertz CT molecular complexity index is 3750. The van der Waals surface area contributed by atoms with Crippen molar-refractivity contribution in [1.29, 1.82) is 0 Å². The van der Waals surface area contributed by atoms with Crippen molar-refractivity contribution < 1.29 is 90.9 Å². The van der Waals surface area contributed by atoms with Crippen molar-refractivity contribution in [1.82, 2.24) is 44.1 Å². The standard InChI is InChI=1S/C78H112Cl2N10O17.CH2O2/c1-74(2,3)104-67(94)23-36-100-39-40-101-37-34-88(57-21-24-87(25-22-57)66(93)47-83-26-28-84(48-68(95)105-75(4,5)6)30-32-86(50-70(97)107-77(10,11)12)33-31-85(29-27-83)49-69(96)106-76(7,8)9)65(92)20-19-64(91)81-56-18-16-17-53(41-56)59-45-60-63(46-62(59)99-15)103-51-61-71(73(98)89-35-38-102-52-78(89,13)14)82-90(72(60)61)58-43-54(79)42-55(80)44-58;2-1-3/h16-18,41-46,57H,19-40,47-52H2,1-15H3,(H,81,91);1H,(H,2,3). The molecule has 3 saturated heterocycles. The SMILES string of the molecule is COc1cc2c(cc1-c1cccc(NC(=O)CCC(=O)N(CCOCCOCCC(=O)OC(C)(C)C)C3CCN(C(=O)CN4CCN(CC(=O)OC(C)(C)C)CCN(CC(=O)OC(C)(C)C)CCN(CC(=O)OC(C)(C)C)CC4)CC3)c1)-c1c(c(C(=O)N3CCOCC3(C)C)nn1-c1cc(Cl)cc(Cl)c1)CO2.O=CO. The minimum absolute atomic E-state index is 0.00337. The quantitative estimate of drug-likeness (QED) is 0.0256. The first kappa shape index (κ1) is 89.2. The van der Waals surface area contributed by atoms with Gasteiger partial charge in [0.25, 0.3) is 12.4 Å². The lowest BCUT2D eigenvalue weighted by Crippen LogP contribution is -2.55. The van der Waals surface area contributed by atoms with Crippen LogP contribution in [-0.2, 0) is 78.1 Å². The number of ether oxygens (including phenoxy) is 9. The monoisotopic (exact) mass is 1580 g/mol. The Balaban J connectivity index is 0.00000551. The highest BCUT2D eigenvalue weighted by molar-refractivity contribution is 6.35. The van der Waals surface area contributed by atoms with Gasteiger partial charge in [-0.15, -0.1) is 0 Å². The first-order chi connectivity index (χ1) is 51.7. The molecule has 8 rings (SSSR count). The maximum atomic E-state index is 14.6. The van der Waals surface area contributed by atoms with Crippen LogP contribution in [0.15, 0.2) is 54.6 Å². The van der Waals surface area contributed by atoms with Crippen LogP contribution in [-0.4, -0.2) is 289 Å². The Hall–Kier alpha value is -8.00. The number of anilines is 1. The molecule has 0 saturated carbocycles. The van der Waals surface area contributed by atoms with Crippen LogP contribution in [0.3, 0.4) is 0 Å². The largest absolute Gasteiger partial charge is 0.496 e. The summed E-state index contributed by atoms with van der Waals surface area (Å²) in [6, 6.07) is 15.7. The van der Waals surface area contributed by atoms with Gasteiger partial charge in [0.1, 0.15) is 40.5 Å². The number of esters is 4. The average molecular weight is 1580 g/mol. The molecule has 0 aliphatic carbocycles. The lowest BCUT2D eigenvalue weighted by molar-refractivity contribution is -0.158. The second kappa shape index (κ2) is 40.5. The van der Waals surface area contributed by atoms with Gasteiger partial charge in [-0.1, -0.05) is 35.3 Å². The lowest BCUT2D eigenvalue weighted by Gasteiger charge is -2.41. The topological polar surface area (TPSA) is 309 Å². The van der Waals surface area contributed by atoms with E-state index in [1.54, 1.807) is 83.7 Å². The molecule has 3 aromatic carbocycles. The molecule has 4 amide bonds. The zero-order valence-electron chi connectivity index (χ0n) is 66.7. The molecule has 2 N–H and O–H groups in total. The van der Waals surface area contributed by atoms with Gasteiger partial charge in [-0.2, -0.15) is 5.10 Å². The zero-order chi connectivity index (χ0) is 80.9. The summed E-state index contributed by atoms with van der Waals surface area (Å²) in [6.45, 7) is 31.1. The Labute approximate surface area is 656 Å². The van der Waals surface area contributed by atoms with Gasteiger partial charge >= 0.3 is 23.9 Å². The van der Waals surface area contributed by atoms with E-state index in [4.69, 9.17) is 80.8 Å². The number of carbonyl (C=O) groups is 9. The van der Waals surface area contributed by atoms with Gasteiger partial charge in [0, 0.05) is 136 Å². The Morgan fingerprint density at radius 2 is 1.14 bits per heavy atom. The second-order valence-corrected chi connectivity index (χ2v) is 33.1. The Morgan fingerprint density at radius 1 is 0.627 bits per heavy atom. The predicted molar refractivity (Wildman–Crippen MR) is 415 cm³/mol. The number of morpholine rings is 1. The molecule has 4 aliphatic rings. The Morgan fingerprint density at radius 3 is 1.65 bits per heavy atom. The van der Waals surface area contributed by atoms with Crippen molar-refractivity contribution >= 4 is 82.9 Å². The van der Waals surface area contributed by atoms with Crippen LogP contribution in [0.2, 0.25) is 10.0 Å². The highest BCUT2D eigenvalue weighted by Crippen LogP contribution is 2.47. The summed E-state index contributed by atoms with van der Waals surface area (Å²) in [5, 5.41) is 15.6. The molecule has 4 aliphatic heterocycles. The fourth-order valence-corrected chi connectivity index (χ4v) is 13.7. The van der Waals surface area contributed by atoms with Gasteiger partial charge in [0.2, 0.25) is 17.7 Å². The minimum Gasteiger partial charge on any atom is -0.496 e. The van der Waals surface area contributed by atoms with Crippen LogP contribution in [0.25, 0.3) is 28.1 Å². The van der Waals surface area contributed by atoms with E-state index in [2.05, 4.69) is 5.32 Å². The van der Waals surface area contributed by atoms with Gasteiger partial charge in [-0.05, 0) is 152 Å². The molecule has 4 aromatic rings. The molecular formula is C79H114Cl2N10O19. The highest BCUT2D eigenvalue weighted by atomic mass is 35.5. The smallest absolute Gasteiger partial charge is 0.320 e. The number of piperidine rings is 1. The van der Waals surface area contributed by atoms with Gasteiger partial charge in [0.05, 0.1) is 96.3 Å². The third-order valence-corrected chi connectivity index (χ3v) is 18.5. The summed E-state index contributed by atoms with van der Waals surface area (Å²) >= 11 is 13.2. The van der Waals surface area contributed by atoms with Crippen molar-refractivity contribution in [2.24, 2.45) is 0 Å². The number of benzene rings is 3. The third-order valence-electron chi connectivity index (χ3n) is 18.0. The molecule has 608 valence electrons. The van der Waals surface area contributed by atoms with Crippen molar-refractivity contribution in [3.8, 4) is 39.6 Å². The molecule has 0 atom stereocenters. The highest BCUT2D eigenvalue weighted by Gasteiger charge is 2.40. The molecule has 1 aromatic heterocycles. The molecular weight excluding hydrogens is 1460 g/mol. The summed E-state index contributed by atoms with van der Waals surface area (Å²) in [6.07, 6.45) is 0.680. The zero-order valence-corrected chi connectivity index (χ0v) is 68.2. The fraction of sp³-hybridized carbons (Fsp3) is 0.620. The van der Waals surface area contributed by atoms with E-state index in [1.807, 2.05) is 114 Å². The van der Waals surface area contributed by atoms with E-state index in [0.29, 0.717) is 159 Å². The van der Waals surface area contributed by atoms with E-state index in [1.165, 1.54) is 0 Å². The predicted octanol–water partition coefficient (Wildman–Crippen LogP) is 8.92. The van der Waals surface area contributed by atoms with Crippen molar-refractivity contribution in [3.05, 3.63) is 75.9 Å². The number of amides is 4. The van der Waals surface area contributed by atoms with E-state index >= 15 is 0 Å². The number of rotatable bonds is 26. The van der Waals surface area contributed by atoms with Gasteiger partial charge in [-0.3, -0.25) is 62.8 Å². The number of nitrogens with zero attached hydrogens (tertiary/aromatic N) is 9. The number of halogens is 2. The number of carbonyl (C=O) groups excluding carboxylic acids is 8. The maximum Gasteiger partial charge on any atom is 0.320 e. The van der Waals surface area contributed by atoms with Crippen molar-refractivity contribution in [2.45, 2.75) is 170 Å². The molecule has 5 heterocycles. The van der Waals surface area contributed by atoms with E-state index in [9.17, 15) is 38.4 Å². The summed E-state index contributed by atoms with van der Waals surface area (Å²) in [5.74, 6) is -1.70. The van der Waals surface area contributed by atoms with E-state index in [0.717, 1.165) is 0 Å². The fourth-order valence-electron chi connectivity index (χ4n) is 13.2. The number of fused-ring (bicyclic) bond motifs is 3. The van der Waals surface area contributed by atoms with Crippen LogP contribution < -0.4 is 14.8 Å². The molecule has 29 nitrogen and oxygen atoms in total. The van der Waals surface area contributed by atoms with E-state index < -0.39 is 51.8 Å². The van der Waals surface area contributed by atoms with Crippen LogP contribution in [0, 0.1) is 0 Å². The number of aromatic nitrogens is 2. The van der Waals surface area contributed by atoms with E-state index in [-0.39, 0.29) is 127 Å². The Kier molecular flexibility index (Phi) is 32.8. The van der Waals surface area contributed by atoms with Crippen LogP contribution in [0.5, 0.6) is 11.5 Å². The summed E-state index contributed by atoms with van der Waals surface area (Å²) in [4.78, 5) is 132. The summed E-state index contributed by atoms with van der Waals surface area (Å²) in [7, 11) is 1.55. The van der Waals surface area contributed by atoms with Gasteiger partial charge in [0.15, 0.2) is 5.69 Å². The number of carboxylic acid groups (broad SMARTS) is 1. The van der Waals surface area contributed by atoms with Crippen molar-refractivity contribution in [3.63, 3.8) is 0 Å². The number of hydrogen-bond acceptors (Lipinski definition) is 23.